The third-order valence-corrected chi connectivity index (χ3v) is 4.29. The Morgan fingerprint density at radius 1 is 1.35 bits per heavy atom. The van der Waals surface area contributed by atoms with Gasteiger partial charge in [0.05, 0.1) is 13.7 Å². The second kappa shape index (κ2) is 8.84. The van der Waals surface area contributed by atoms with Gasteiger partial charge in [0.1, 0.15) is 0 Å². The standard InChI is InChI=1S/C17H28N4O2/c1-4-14(2)19-16(22)13-21-10-8-20(9-11-21)12-15-6-5-7-18-17(15)23-3/h5-7,14H,4,8-13H2,1-3H3,(H,19,22)/t14-/m1/s1. The molecule has 1 aliphatic heterocycles. The van der Waals surface area contributed by atoms with Gasteiger partial charge in [0.25, 0.3) is 0 Å². The maximum Gasteiger partial charge on any atom is 0.234 e. The number of hydrogen-bond acceptors (Lipinski definition) is 5. The molecule has 1 atom stereocenters. The molecule has 0 saturated carbocycles. The van der Waals surface area contributed by atoms with E-state index >= 15 is 0 Å². The number of nitrogens with zero attached hydrogens (tertiary/aromatic N) is 3. The van der Waals surface area contributed by atoms with Crippen LogP contribution in [0.1, 0.15) is 25.8 Å². The fraction of sp³-hybridized carbons (Fsp3) is 0.647. The van der Waals surface area contributed by atoms with E-state index in [9.17, 15) is 4.79 Å². The van der Waals surface area contributed by atoms with Gasteiger partial charge in [-0.3, -0.25) is 14.6 Å². The summed E-state index contributed by atoms with van der Waals surface area (Å²) >= 11 is 0. The third kappa shape index (κ3) is 5.48. The zero-order valence-electron chi connectivity index (χ0n) is 14.4. The lowest BCUT2D eigenvalue weighted by molar-refractivity contribution is -0.123. The summed E-state index contributed by atoms with van der Waals surface area (Å²) in [6.45, 7) is 9.18. The zero-order valence-corrected chi connectivity index (χ0v) is 14.4. The van der Waals surface area contributed by atoms with Crippen LogP contribution in [0.5, 0.6) is 5.88 Å². The Kier molecular flexibility index (Phi) is 6.80. The molecule has 0 unspecified atom stereocenters. The van der Waals surface area contributed by atoms with Crippen molar-refractivity contribution in [2.45, 2.75) is 32.9 Å². The van der Waals surface area contributed by atoms with E-state index in [-0.39, 0.29) is 11.9 Å². The average molecular weight is 320 g/mol. The van der Waals surface area contributed by atoms with Gasteiger partial charge in [-0.1, -0.05) is 13.0 Å². The second-order valence-electron chi connectivity index (χ2n) is 6.10. The molecule has 0 spiro atoms. The first-order valence-corrected chi connectivity index (χ1v) is 8.34. The first kappa shape index (κ1) is 17.7. The molecule has 0 aliphatic carbocycles. The molecule has 6 heteroatoms. The van der Waals surface area contributed by atoms with Gasteiger partial charge < -0.3 is 10.1 Å². The summed E-state index contributed by atoms with van der Waals surface area (Å²) in [5.41, 5.74) is 1.11. The predicted octanol–water partition coefficient (Wildman–Crippen LogP) is 1.12. The number of carbonyl (C=O) groups excluding carboxylic acids is 1. The molecule has 0 radical (unpaired) electrons. The minimum atomic E-state index is 0.127. The van der Waals surface area contributed by atoms with E-state index in [0.717, 1.165) is 44.7 Å². The Hall–Kier alpha value is -1.66. The maximum absolute atomic E-state index is 11.9. The largest absolute Gasteiger partial charge is 0.481 e. The van der Waals surface area contributed by atoms with Crippen molar-refractivity contribution in [3.8, 4) is 5.88 Å². The van der Waals surface area contributed by atoms with Crippen LogP contribution in [0.2, 0.25) is 0 Å². The summed E-state index contributed by atoms with van der Waals surface area (Å²) in [5, 5.41) is 3.02. The summed E-state index contributed by atoms with van der Waals surface area (Å²) in [7, 11) is 1.65. The highest BCUT2D eigenvalue weighted by Gasteiger charge is 2.20. The molecule has 1 aliphatic rings. The van der Waals surface area contributed by atoms with E-state index in [0.29, 0.717) is 12.4 Å². The average Bonchev–Trinajstić information content (AvgIpc) is 2.57. The van der Waals surface area contributed by atoms with E-state index in [4.69, 9.17) is 4.74 Å². The number of methoxy groups -OCH3 is 1. The fourth-order valence-corrected chi connectivity index (χ4v) is 2.70. The Bertz CT molecular complexity index is 501. The van der Waals surface area contributed by atoms with Gasteiger partial charge in [0.2, 0.25) is 11.8 Å². The fourth-order valence-electron chi connectivity index (χ4n) is 2.70. The molecule has 1 fully saturated rings. The Balaban J connectivity index is 1.76. The lowest BCUT2D eigenvalue weighted by Gasteiger charge is -2.34. The van der Waals surface area contributed by atoms with Gasteiger partial charge in [-0.2, -0.15) is 0 Å². The number of piperazine rings is 1. The molecule has 2 rings (SSSR count). The number of hydrogen-bond donors (Lipinski definition) is 1. The minimum absolute atomic E-state index is 0.127. The quantitative estimate of drug-likeness (QED) is 0.816. The molecule has 1 aromatic heterocycles. The van der Waals surface area contributed by atoms with Gasteiger partial charge in [-0.25, -0.2) is 4.98 Å². The van der Waals surface area contributed by atoms with Crippen molar-refractivity contribution >= 4 is 5.91 Å². The zero-order chi connectivity index (χ0) is 16.7. The third-order valence-electron chi connectivity index (χ3n) is 4.29. The molecule has 0 aromatic carbocycles. The minimum Gasteiger partial charge on any atom is -0.481 e. The van der Waals surface area contributed by atoms with Crippen LogP contribution in [-0.4, -0.2) is 66.6 Å². The summed E-state index contributed by atoms with van der Waals surface area (Å²) in [4.78, 5) is 20.8. The van der Waals surface area contributed by atoms with E-state index in [1.165, 1.54) is 0 Å². The van der Waals surface area contributed by atoms with Crippen molar-refractivity contribution in [2.24, 2.45) is 0 Å². The van der Waals surface area contributed by atoms with Gasteiger partial charge in [0, 0.05) is 50.5 Å². The summed E-state index contributed by atoms with van der Waals surface area (Å²) < 4.78 is 5.31. The number of amides is 1. The topological polar surface area (TPSA) is 57.7 Å². The summed E-state index contributed by atoms with van der Waals surface area (Å²) in [6.07, 6.45) is 2.71. The van der Waals surface area contributed by atoms with Gasteiger partial charge >= 0.3 is 0 Å². The Morgan fingerprint density at radius 3 is 2.70 bits per heavy atom. The molecule has 1 amide bonds. The van der Waals surface area contributed by atoms with Gasteiger partial charge in [-0.15, -0.1) is 0 Å². The molecule has 23 heavy (non-hydrogen) atoms. The van der Waals surface area contributed by atoms with E-state index in [1.807, 2.05) is 13.0 Å². The first-order valence-electron chi connectivity index (χ1n) is 8.34. The van der Waals surface area contributed by atoms with E-state index in [2.05, 4.69) is 33.1 Å². The van der Waals surface area contributed by atoms with Crippen LogP contribution < -0.4 is 10.1 Å². The number of pyridine rings is 1. The lowest BCUT2D eigenvalue weighted by atomic mass is 10.2. The SMILES string of the molecule is CC[C@@H](C)NC(=O)CN1CCN(Cc2cccnc2OC)CC1. The van der Waals surface area contributed by atoms with Crippen molar-refractivity contribution < 1.29 is 9.53 Å². The van der Waals surface area contributed by atoms with Crippen LogP contribution in [-0.2, 0) is 11.3 Å². The number of aromatic nitrogens is 1. The van der Waals surface area contributed by atoms with E-state index in [1.54, 1.807) is 13.3 Å². The van der Waals surface area contributed by atoms with Crippen molar-refractivity contribution in [1.29, 1.82) is 0 Å². The molecule has 0 bridgehead atoms. The monoisotopic (exact) mass is 320 g/mol. The van der Waals surface area contributed by atoms with Crippen LogP contribution >= 0.6 is 0 Å². The predicted molar refractivity (Wildman–Crippen MR) is 90.4 cm³/mol. The molecule has 128 valence electrons. The highest BCUT2D eigenvalue weighted by molar-refractivity contribution is 5.78. The summed E-state index contributed by atoms with van der Waals surface area (Å²) in [6, 6.07) is 4.24. The molecular weight excluding hydrogens is 292 g/mol. The first-order chi connectivity index (χ1) is 11.1. The molecule has 1 N–H and O–H groups in total. The smallest absolute Gasteiger partial charge is 0.234 e. The normalized spacial score (nSPS) is 17.7. The second-order valence-corrected chi connectivity index (χ2v) is 6.10. The van der Waals surface area contributed by atoms with E-state index < -0.39 is 0 Å². The molecule has 2 heterocycles. The highest BCUT2D eigenvalue weighted by atomic mass is 16.5. The van der Waals surface area contributed by atoms with Crippen LogP contribution in [0, 0.1) is 0 Å². The Morgan fingerprint density at radius 2 is 2.04 bits per heavy atom. The summed E-state index contributed by atoms with van der Waals surface area (Å²) in [5.74, 6) is 0.824. The lowest BCUT2D eigenvalue weighted by Crippen LogP contribution is -2.49. The van der Waals surface area contributed by atoms with Crippen LogP contribution in [0.25, 0.3) is 0 Å². The Labute approximate surface area is 138 Å². The van der Waals surface area contributed by atoms with Crippen molar-refractivity contribution in [3.63, 3.8) is 0 Å². The van der Waals surface area contributed by atoms with Gasteiger partial charge in [-0.05, 0) is 19.4 Å². The number of carbonyl (C=O) groups is 1. The maximum atomic E-state index is 11.9. The van der Waals surface area contributed by atoms with Crippen LogP contribution in [0.15, 0.2) is 18.3 Å². The highest BCUT2D eigenvalue weighted by Crippen LogP contribution is 2.17. The van der Waals surface area contributed by atoms with Gasteiger partial charge in [0.15, 0.2) is 0 Å². The molecule has 1 aromatic rings. The molecular formula is C17H28N4O2. The molecule has 1 saturated heterocycles. The van der Waals surface area contributed by atoms with Crippen molar-refractivity contribution in [1.82, 2.24) is 20.1 Å². The van der Waals surface area contributed by atoms with Crippen molar-refractivity contribution in [3.05, 3.63) is 23.9 Å². The number of nitrogens with one attached hydrogen (secondary N) is 1. The van der Waals surface area contributed by atoms with Crippen molar-refractivity contribution in [2.75, 3.05) is 39.8 Å². The van der Waals surface area contributed by atoms with Crippen LogP contribution in [0.4, 0.5) is 0 Å². The number of ether oxygens (including phenoxy) is 1. The van der Waals surface area contributed by atoms with Crippen LogP contribution in [0.3, 0.4) is 0 Å². The number of rotatable bonds is 7. The molecule has 6 nitrogen and oxygen atoms in total.